The molecule has 2 amide bonds. The normalized spacial score (nSPS) is 20.6. The van der Waals surface area contributed by atoms with Crippen LogP contribution in [0.3, 0.4) is 0 Å². The van der Waals surface area contributed by atoms with Gasteiger partial charge < -0.3 is 20.3 Å². The highest BCUT2D eigenvalue weighted by Gasteiger charge is 2.37. The Morgan fingerprint density at radius 1 is 1.00 bits per heavy atom. The molecule has 0 bridgehead atoms. The van der Waals surface area contributed by atoms with E-state index in [1.165, 1.54) is 42.0 Å². The van der Waals surface area contributed by atoms with Gasteiger partial charge in [-0.05, 0) is 79.6 Å². The van der Waals surface area contributed by atoms with E-state index in [9.17, 15) is 18.4 Å². The molecule has 1 saturated heterocycles. The molecule has 0 radical (unpaired) electrons. The summed E-state index contributed by atoms with van der Waals surface area (Å²) in [6.45, 7) is 2.99. The van der Waals surface area contributed by atoms with Gasteiger partial charge in [0.15, 0.2) is 0 Å². The minimum absolute atomic E-state index is 0.148. The van der Waals surface area contributed by atoms with E-state index < -0.39 is 17.8 Å². The number of benzene rings is 2. The standard InChI is InChI=1S/C26H31F2N3O3/c27-21-7-3-18(4-8-21)23-16-20(23)2-1-11-29-17-24(26(33)31-12-14-34-15-13-31)30-25(32)19-5-9-22(28)10-6-19/h3-10,20,23-24,29H,1-2,11-17H2,(H,30,32)/t20-,23+,24+/m1/s1. The Hall–Kier alpha value is -2.84. The number of amides is 2. The molecule has 34 heavy (non-hydrogen) atoms. The molecular formula is C26H31F2N3O3. The maximum absolute atomic E-state index is 13.2. The molecule has 2 aliphatic rings. The van der Waals surface area contributed by atoms with Crippen molar-refractivity contribution in [2.45, 2.75) is 31.2 Å². The van der Waals surface area contributed by atoms with Crippen LogP contribution in [0, 0.1) is 17.6 Å². The molecule has 1 aliphatic carbocycles. The van der Waals surface area contributed by atoms with Gasteiger partial charge in [0.05, 0.1) is 13.2 Å². The van der Waals surface area contributed by atoms with Crippen LogP contribution in [0.2, 0.25) is 0 Å². The van der Waals surface area contributed by atoms with Gasteiger partial charge in [0.1, 0.15) is 17.7 Å². The summed E-state index contributed by atoms with van der Waals surface area (Å²) in [6.07, 6.45) is 3.13. The van der Waals surface area contributed by atoms with E-state index in [1.807, 2.05) is 12.1 Å². The van der Waals surface area contributed by atoms with E-state index in [2.05, 4.69) is 10.6 Å². The fourth-order valence-electron chi connectivity index (χ4n) is 4.47. The molecule has 0 aromatic heterocycles. The third kappa shape index (κ3) is 6.61. The first-order valence-corrected chi connectivity index (χ1v) is 11.9. The van der Waals surface area contributed by atoms with Crippen molar-refractivity contribution in [1.29, 1.82) is 0 Å². The van der Waals surface area contributed by atoms with Crippen LogP contribution in [0.4, 0.5) is 8.78 Å². The van der Waals surface area contributed by atoms with Crippen LogP contribution in [0.1, 0.15) is 41.1 Å². The van der Waals surface area contributed by atoms with Gasteiger partial charge in [0, 0.05) is 25.2 Å². The second-order valence-electron chi connectivity index (χ2n) is 8.97. The topological polar surface area (TPSA) is 70.7 Å². The molecule has 4 rings (SSSR count). The lowest BCUT2D eigenvalue weighted by atomic mass is 10.1. The fourth-order valence-corrected chi connectivity index (χ4v) is 4.47. The predicted molar refractivity (Wildman–Crippen MR) is 124 cm³/mol. The van der Waals surface area contributed by atoms with E-state index in [0.717, 1.165) is 25.8 Å². The smallest absolute Gasteiger partial charge is 0.251 e. The molecule has 6 nitrogen and oxygen atoms in total. The van der Waals surface area contributed by atoms with Crippen molar-refractivity contribution in [2.75, 3.05) is 39.4 Å². The number of morpholine rings is 1. The number of halogens is 2. The molecule has 0 unspecified atom stereocenters. The molecule has 1 heterocycles. The SMILES string of the molecule is O=C(N[C@@H](CNCCC[C@@H]1C[C@H]1c1ccc(F)cc1)C(=O)N1CCOCC1)c1ccc(F)cc1. The molecule has 8 heteroatoms. The summed E-state index contributed by atoms with van der Waals surface area (Å²) in [5.74, 6) is -0.0739. The van der Waals surface area contributed by atoms with Gasteiger partial charge in [-0.2, -0.15) is 0 Å². The van der Waals surface area contributed by atoms with Crippen molar-refractivity contribution in [1.82, 2.24) is 15.5 Å². The van der Waals surface area contributed by atoms with E-state index in [-0.39, 0.29) is 11.7 Å². The second kappa shape index (κ2) is 11.5. The number of hydrogen-bond acceptors (Lipinski definition) is 4. The summed E-state index contributed by atoms with van der Waals surface area (Å²) >= 11 is 0. The minimum atomic E-state index is -0.719. The van der Waals surface area contributed by atoms with Crippen LogP contribution in [-0.2, 0) is 9.53 Å². The lowest BCUT2D eigenvalue weighted by Crippen LogP contribution is -2.55. The second-order valence-corrected chi connectivity index (χ2v) is 8.97. The average molecular weight is 472 g/mol. The summed E-state index contributed by atoms with van der Waals surface area (Å²) in [7, 11) is 0. The summed E-state index contributed by atoms with van der Waals surface area (Å²) in [4.78, 5) is 27.4. The van der Waals surface area contributed by atoms with Crippen LogP contribution in [0.25, 0.3) is 0 Å². The van der Waals surface area contributed by atoms with Crippen LogP contribution >= 0.6 is 0 Å². The Morgan fingerprint density at radius 2 is 1.65 bits per heavy atom. The number of nitrogens with one attached hydrogen (secondary N) is 2. The quantitative estimate of drug-likeness (QED) is 0.523. The molecule has 1 aliphatic heterocycles. The summed E-state index contributed by atoms with van der Waals surface area (Å²) < 4.78 is 31.6. The van der Waals surface area contributed by atoms with Gasteiger partial charge >= 0.3 is 0 Å². The third-order valence-corrected chi connectivity index (χ3v) is 6.53. The van der Waals surface area contributed by atoms with Crippen LogP contribution in [-0.4, -0.2) is 62.1 Å². The van der Waals surface area contributed by atoms with Crippen molar-refractivity contribution in [2.24, 2.45) is 5.92 Å². The van der Waals surface area contributed by atoms with E-state index in [0.29, 0.717) is 50.2 Å². The van der Waals surface area contributed by atoms with Crippen LogP contribution in [0.15, 0.2) is 48.5 Å². The Bertz CT molecular complexity index is 962. The van der Waals surface area contributed by atoms with Gasteiger partial charge in [0.2, 0.25) is 5.91 Å². The van der Waals surface area contributed by atoms with Gasteiger partial charge in [-0.1, -0.05) is 12.1 Å². The summed E-state index contributed by atoms with van der Waals surface area (Å²) in [5, 5.41) is 6.12. The van der Waals surface area contributed by atoms with Crippen molar-refractivity contribution in [3.63, 3.8) is 0 Å². The zero-order valence-corrected chi connectivity index (χ0v) is 19.1. The highest BCUT2D eigenvalue weighted by Crippen LogP contribution is 2.49. The molecule has 2 aromatic carbocycles. The Morgan fingerprint density at radius 3 is 2.32 bits per heavy atom. The zero-order chi connectivity index (χ0) is 23.9. The Kier molecular flexibility index (Phi) is 8.24. The summed E-state index contributed by atoms with van der Waals surface area (Å²) in [6, 6.07) is 11.3. The van der Waals surface area contributed by atoms with Crippen molar-refractivity contribution < 1.29 is 23.1 Å². The molecule has 3 atom stereocenters. The first-order chi connectivity index (χ1) is 16.5. The summed E-state index contributed by atoms with van der Waals surface area (Å²) in [5.41, 5.74) is 1.50. The molecule has 2 aromatic rings. The van der Waals surface area contributed by atoms with Crippen molar-refractivity contribution in [3.8, 4) is 0 Å². The van der Waals surface area contributed by atoms with E-state index in [1.54, 1.807) is 4.90 Å². The van der Waals surface area contributed by atoms with Crippen molar-refractivity contribution >= 4 is 11.8 Å². The number of carbonyl (C=O) groups is 2. The minimum Gasteiger partial charge on any atom is -0.378 e. The van der Waals surface area contributed by atoms with Crippen LogP contribution < -0.4 is 10.6 Å². The number of rotatable bonds is 10. The van der Waals surface area contributed by atoms with Gasteiger partial charge in [-0.25, -0.2) is 8.78 Å². The monoisotopic (exact) mass is 471 g/mol. The lowest BCUT2D eigenvalue weighted by molar-refractivity contribution is -0.137. The number of carbonyl (C=O) groups excluding carboxylic acids is 2. The molecule has 0 spiro atoms. The number of hydrogen-bond donors (Lipinski definition) is 2. The van der Waals surface area contributed by atoms with E-state index in [4.69, 9.17) is 4.74 Å². The number of nitrogens with zero attached hydrogens (tertiary/aromatic N) is 1. The lowest BCUT2D eigenvalue weighted by Gasteiger charge is -2.31. The van der Waals surface area contributed by atoms with Crippen LogP contribution in [0.5, 0.6) is 0 Å². The first kappa shape index (κ1) is 24.3. The number of ether oxygens (including phenoxy) is 1. The Labute approximate surface area is 198 Å². The zero-order valence-electron chi connectivity index (χ0n) is 19.1. The predicted octanol–water partition coefficient (Wildman–Crippen LogP) is 3.10. The maximum Gasteiger partial charge on any atom is 0.251 e. The maximum atomic E-state index is 13.2. The molecule has 2 N–H and O–H groups in total. The van der Waals surface area contributed by atoms with E-state index >= 15 is 0 Å². The average Bonchev–Trinajstić information content (AvgIpc) is 3.63. The highest BCUT2D eigenvalue weighted by atomic mass is 19.1. The first-order valence-electron chi connectivity index (χ1n) is 11.9. The Balaban J connectivity index is 1.25. The van der Waals surface area contributed by atoms with Crippen molar-refractivity contribution in [3.05, 3.63) is 71.3 Å². The largest absolute Gasteiger partial charge is 0.378 e. The van der Waals surface area contributed by atoms with Gasteiger partial charge in [-0.3, -0.25) is 9.59 Å². The van der Waals surface area contributed by atoms with Gasteiger partial charge in [0.25, 0.3) is 5.91 Å². The molecule has 182 valence electrons. The molecule has 1 saturated carbocycles. The highest BCUT2D eigenvalue weighted by molar-refractivity contribution is 5.97. The fraction of sp³-hybridized carbons (Fsp3) is 0.462. The third-order valence-electron chi connectivity index (χ3n) is 6.53. The molecule has 2 fully saturated rings. The molecular weight excluding hydrogens is 440 g/mol. The van der Waals surface area contributed by atoms with Gasteiger partial charge in [-0.15, -0.1) is 0 Å².